The molecule has 13 aromatic rings. The van der Waals surface area contributed by atoms with Crippen LogP contribution in [-0.2, 0) is 5.41 Å². The average Bonchev–Trinajstić information content (AvgIpc) is 3.85. The zero-order valence-electron chi connectivity index (χ0n) is 36.0. The van der Waals surface area contributed by atoms with Gasteiger partial charge in [-0.1, -0.05) is 200 Å². The molecule has 304 valence electrons. The Morgan fingerprint density at radius 1 is 0.242 bits per heavy atom. The third kappa shape index (κ3) is 4.68. The summed E-state index contributed by atoms with van der Waals surface area (Å²) in [5, 5.41) is 15.3. The summed E-state index contributed by atoms with van der Waals surface area (Å²) >= 11 is 0. The Bertz CT molecular complexity index is 4090. The smallest absolute Gasteiger partial charge is 0.0726 e. The van der Waals surface area contributed by atoms with Gasteiger partial charge in [-0.2, -0.15) is 0 Å². The van der Waals surface area contributed by atoms with Crippen LogP contribution < -0.4 is 4.90 Å². The van der Waals surface area contributed by atoms with Crippen LogP contribution in [0.3, 0.4) is 0 Å². The number of hydrogen-bond acceptors (Lipinski definition) is 1. The van der Waals surface area contributed by atoms with Crippen molar-refractivity contribution < 1.29 is 0 Å². The lowest BCUT2D eigenvalue weighted by Crippen LogP contribution is -2.26. The second-order valence-corrected chi connectivity index (χ2v) is 18.3. The van der Waals surface area contributed by atoms with Crippen molar-refractivity contribution in [2.24, 2.45) is 0 Å². The molecule has 2 aliphatic carbocycles. The number of rotatable bonds is 4. The van der Waals surface area contributed by atoms with Gasteiger partial charge in [0.05, 0.1) is 5.41 Å². The predicted octanol–water partition coefficient (Wildman–Crippen LogP) is 17.5. The van der Waals surface area contributed by atoms with Gasteiger partial charge in [0.1, 0.15) is 0 Å². The number of fused-ring (bicyclic) bond motifs is 12. The topological polar surface area (TPSA) is 3.24 Å². The van der Waals surface area contributed by atoms with E-state index in [0.717, 1.165) is 17.1 Å². The molecule has 1 heteroatoms. The van der Waals surface area contributed by atoms with Gasteiger partial charge in [-0.05, 0) is 157 Å². The van der Waals surface area contributed by atoms with Gasteiger partial charge in [0, 0.05) is 17.1 Å². The van der Waals surface area contributed by atoms with Crippen LogP contribution in [0.15, 0.2) is 237 Å². The Kier molecular flexibility index (Phi) is 7.21. The van der Waals surface area contributed by atoms with Crippen LogP contribution in [0.5, 0.6) is 0 Å². The highest BCUT2D eigenvalue weighted by atomic mass is 15.1. The van der Waals surface area contributed by atoms with Crippen molar-refractivity contribution >= 4 is 81.7 Å². The van der Waals surface area contributed by atoms with Crippen LogP contribution in [0.25, 0.3) is 98.0 Å². The monoisotopic (exact) mass is 833 g/mol. The van der Waals surface area contributed by atoms with Crippen molar-refractivity contribution in [3.8, 4) is 33.4 Å². The fraction of sp³-hybridized carbons (Fsp3) is 0.0154. The van der Waals surface area contributed by atoms with E-state index in [9.17, 15) is 0 Å². The first kappa shape index (κ1) is 35.9. The van der Waals surface area contributed by atoms with Crippen molar-refractivity contribution in [2.45, 2.75) is 5.41 Å². The van der Waals surface area contributed by atoms with E-state index in [1.165, 1.54) is 120 Å². The molecule has 0 unspecified atom stereocenters. The normalized spacial score (nSPS) is 13.3. The molecule has 0 radical (unpaired) electrons. The fourth-order valence-electron chi connectivity index (χ4n) is 12.5. The summed E-state index contributed by atoms with van der Waals surface area (Å²) in [4.78, 5) is 2.51. The fourth-order valence-corrected chi connectivity index (χ4v) is 12.5. The molecule has 1 spiro atoms. The van der Waals surface area contributed by atoms with E-state index < -0.39 is 5.41 Å². The zero-order chi connectivity index (χ0) is 43.1. The van der Waals surface area contributed by atoms with E-state index in [0.29, 0.717) is 0 Å². The molecule has 0 fully saturated rings. The predicted molar refractivity (Wildman–Crippen MR) is 279 cm³/mol. The van der Waals surface area contributed by atoms with Gasteiger partial charge in [-0.3, -0.25) is 0 Å². The number of benzene rings is 12. The summed E-state index contributed by atoms with van der Waals surface area (Å²) in [6.45, 7) is 0. The highest BCUT2D eigenvalue weighted by Gasteiger charge is 2.51. The molecular formula is C65H39N. The summed E-state index contributed by atoms with van der Waals surface area (Å²) in [6.07, 6.45) is 0. The van der Waals surface area contributed by atoms with Gasteiger partial charge in [-0.25, -0.2) is 0 Å². The SMILES string of the molecule is c1ccc(-c2ccc(N(c3ccc4c(c3)C3(c5ccccc5-c5ccccc53)c3ccccc3-4)c3cc4ccc5cccc6c7cccc8ccc9cccc(c(c3)c4c56)c9c87)cc2)cc1. The molecule has 0 saturated heterocycles. The molecule has 0 aromatic heterocycles. The van der Waals surface area contributed by atoms with Crippen molar-refractivity contribution in [1.82, 2.24) is 0 Å². The number of nitrogens with zero attached hydrogens (tertiary/aromatic N) is 1. The quantitative estimate of drug-likeness (QED) is 0.160. The first-order chi connectivity index (χ1) is 32.7. The van der Waals surface area contributed by atoms with E-state index in [2.05, 4.69) is 241 Å². The Morgan fingerprint density at radius 3 is 1.24 bits per heavy atom. The Hall–Kier alpha value is -8.52. The second-order valence-electron chi connectivity index (χ2n) is 18.3. The number of anilines is 3. The van der Waals surface area contributed by atoms with Gasteiger partial charge in [-0.15, -0.1) is 0 Å². The summed E-state index contributed by atoms with van der Waals surface area (Å²) in [5.41, 5.74) is 15.9. The van der Waals surface area contributed by atoms with E-state index in [-0.39, 0.29) is 0 Å². The minimum Gasteiger partial charge on any atom is -0.310 e. The summed E-state index contributed by atoms with van der Waals surface area (Å²) < 4.78 is 0. The Morgan fingerprint density at radius 2 is 0.682 bits per heavy atom. The van der Waals surface area contributed by atoms with Gasteiger partial charge >= 0.3 is 0 Å². The van der Waals surface area contributed by atoms with Crippen LogP contribution in [0, 0.1) is 0 Å². The average molecular weight is 834 g/mol. The van der Waals surface area contributed by atoms with Crippen LogP contribution in [-0.4, -0.2) is 0 Å². The molecule has 0 atom stereocenters. The standard InChI is InChI=1S/C65H39N/c1-2-13-40(14-3-1)41-31-33-46(34-32-41)66(47-35-36-52-51-20-6-9-26-59(51)65(60(52)39-47)57-24-7-4-18-49(57)50-19-5-8-25-58(50)65)48-37-45-30-29-44-16-11-22-54-53-21-10-15-42-27-28-43-17-12-23-55(63(43)61(42)53)56(38-48)64(45)62(44)54/h1-39H. The molecular weight excluding hydrogens is 795 g/mol. The van der Waals surface area contributed by atoms with Gasteiger partial charge < -0.3 is 4.90 Å². The minimum atomic E-state index is -0.458. The third-order valence-corrected chi connectivity index (χ3v) is 15.1. The van der Waals surface area contributed by atoms with Crippen molar-refractivity contribution in [2.75, 3.05) is 4.90 Å². The van der Waals surface area contributed by atoms with Crippen molar-refractivity contribution in [3.05, 3.63) is 259 Å². The molecule has 15 rings (SSSR count). The van der Waals surface area contributed by atoms with Crippen LogP contribution in [0.2, 0.25) is 0 Å². The third-order valence-electron chi connectivity index (χ3n) is 15.1. The van der Waals surface area contributed by atoms with E-state index in [1.54, 1.807) is 0 Å². The molecule has 1 nitrogen and oxygen atoms in total. The second kappa shape index (κ2) is 13.3. The Labute approximate surface area is 382 Å². The lowest BCUT2D eigenvalue weighted by Gasteiger charge is -2.32. The molecule has 0 bridgehead atoms. The zero-order valence-corrected chi connectivity index (χ0v) is 36.0. The molecule has 0 heterocycles. The van der Waals surface area contributed by atoms with Crippen LogP contribution in [0.1, 0.15) is 22.3 Å². The first-order valence-corrected chi connectivity index (χ1v) is 23.1. The maximum Gasteiger partial charge on any atom is 0.0726 e. The highest BCUT2D eigenvalue weighted by molar-refractivity contribution is 6.37. The van der Waals surface area contributed by atoms with Gasteiger partial charge in [0.15, 0.2) is 0 Å². The molecule has 0 amide bonds. The van der Waals surface area contributed by atoms with Crippen LogP contribution in [0.4, 0.5) is 17.1 Å². The maximum absolute atomic E-state index is 2.52. The Balaban J connectivity index is 1.06. The van der Waals surface area contributed by atoms with E-state index in [4.69, 9.17) is 0 Å². The molecule has 0 saturated carbocycles. The molecule has 13 aromatic carbocycles. The van der Waals surface area contributed by atoms with Crippen molar-refractivity contribution in [1.29, 1.82) is 0 Å². The van der Waals surface area contributed by atoms with E-state index in [1.807, 2.05) is 0 Å². The largest absolute Gasteiger partial charge is 0.310 e. The summed E-state index contributed by atoms with van der Waals surface area (Å²) in [5.74, 6) is 0. The highest BCUT2D eigenvalue weighted by Crippen LogP contribution is 2.63. The summed E-state index contributed by atoms with van der Waals surface area (Å²) in [7, 11) is 0. The lowest BCUT2D eigenvalue weighted by molar-refractivity contribution is 0.793. The molecule has 66 heavy (non-hydrogen) atoms. The van der Waals surface area contributed by atoms with Gasteiger partial charge in [0.2, 0.25) is 0 Å². The first-order valence-electron chi connectivity index (χ1n) is 23.1. The molecule has 0 N–H and O–H groups in total. The van der Waals surface area contributed by atoms with Crippen molar-refractivity contribution in [3.63, 3.8) is 0 Å². The number of hydrogen-bond donors (Lipinski definition) is 0. The maximum atomic E-state index is 2.52. The molecule has 0 aliphatic heterocycles. The lowest BCUT2D eigenvalue weighted by atomic mass is 9.70. The van der Waals surface area contributed by atoms with E-state index >= 15 is 0 Å². The minimum absolute atomic E-state index is 0.458. The molecule has 2 aliphatic rings. The summed E-state index contributed by atoms with van der Waals surface area (Å²) in [6, 6.07) is 89.2. The van der Waals surface area contributed by atoms with Crippen LogP contribution >= 0.6 is 0 Å². The van der Waals surface area contributed by atoms with Gasteiger partial charge in [0.25, 0.3) is 0 Å².